The summed E-state index contributed by atoms with van der Waals surface area (Å²) in [5.41, 5.74) is 0.0444. The Kier molecular flexibility index (Phi) is 4.35. The lowest BCUT2D eigenvalue weighted by atomic mass is 10.1. The van der Waals surface area contributed by atoms with Crippen molar-refractivity contribution in [1.29, 1.82) is 0 Å². The summed E-state index contributed by atoms with van der Waals surface area (Å²) in [7, 11) is 0. The Morgan fingerprint density at radius 2 is 2.28 bits per heavy atom. The van der Waals surface area contributed by atoms with Crippen LogP contribution in [0.1, 0.15) is 29.6 Å². The third-order valence-electron chi connectivity index (χ3n) is 3.26. The molecule has 0 aromatic heterocycles. The Bertz CT molecular complexity index is 453. The van der Waals surface area contributed by atoms with E-state index in [1.165, 1.54) is 6.07 Å². The Hall–Kier alpha value is -0.940. The summed E-state index contributed by atoms with van der Waals surface area (Å²) in [6, 6.07) is 4.64. The summed E-state index contributed by atoms with van der Waals surface area (Å²) in [5, 5.41) is 12.1. The molecule has 1 fully saturated rings. The molecule has 1 saturated carbocycles. The molecule has 2 rings (SSSR count). The molecule has 5 heteroatoms. The van der Waals surface area contributed by atoms with Crippen molar-refractivity contribution in [3.8, 4) is 0 Å². The van der Waals surface area contributed by atoms with Gasteiger partial charge in [0.15, 0.2) is 0 Å². The number of benzene rings is 1. The van der Waals surface area contributed by atoms with Crippen LogP contribution in [0.2, 0.25) is 0 Å². The van der Waals surface area contributed by atoms with Crippen LogP contribution < -0.4 is 5.32 Å². The number of rotatable bonds is 3. The Labute approximate surface area is 114 Å². The zero-order valence-electron chi connectivity index (χ0n) is 9.83. The highest BCUT2D eigenvalue weighted by molar-refractivity contribution is 9.10. The van der Waals surface area contributed by atoms with Crippen LogP contribution in [0.15, 0.2) is 22.7 Å². The first kappa shape index (κ1) is 13.5. The number of carbonyl (C=O) groups is 1. The minimum Gasteiger partial charge on any atom is -0.393 e. The maximum absolute atomic E-state index is 13.7. The lowest BCUT2D eigenvalue weighted by molar-refractivity contribution is 0.0941. The first-order chi connectivity index (χ1) is 8.58. The molecule has 18 heavy (non-hydrogen) atoms. The molecule has 2 N–H and O–H groups in total. The van der Waals surface area contributed by atoms with Crippen molar-refractivity contribution in [1.82, 2.24) is 5.32 Å². The van der Waals surface area contributed by atoms with Gasteiger partial charge in [-0.05, 0) is 53.2 Å². The largest absolute Gasteiger partial charge is 0.393 e. The van der Waals surface area contributed by atoms with Gasteiger partial charge in [-0.1, -0.05) is 6.07 Å². The molecule has 1 aromatic carbocycles. The number of carbonyl (C=O) groups excluding carboxylic acids is 1. The molecule has 0 aliphatic heterocycles. The summed E-state index contributed by atoms with van der Waals surface area (Å²) in [5.74, 6) is -0.657. The Balaban J connectivity index is 1.94. The van der Waals surface area contributed by atoms with Crippen LogP contribution in [-0.2, 0) is 0 Å². The molecule has 0 radical (unpaired) electrons. The molecule has 0 saturated heterocycles. The number of aliphatic hydroxyl groups is 1. The average Bonchev–Trinajstić information content (AvgIpc) is 2.76. The molecular weight excluding hydrogens is 301 g/mol. The Morgan fingerprint density at radius 3 is 2.94 bits per heavy atom. The molecule has 1 aromatic rings. The normalized spacial score (nSPS) is 23.1. The number of amides is 1. The zero-order chi connectivity index (χ0) is 13.1. The van der Waals surface area contributed by atoms with Crippen molar-refractivity contribution in [3.05, 3.63) is 34.1 Å². The minimum absolute atomic E-state index is 0.0444. The van der Waals surface area contributed by atoms with Crippen molar-refractivity contribution >= 4 is 21.8 Å². The van der Waals surface area contributed by atoms with Crippen molar-refractivity contribution in [3.63, 3.8) is 0 Å². The SMILES string of the molecule is O=C(NCC1CCC(O)C1)c1cccc(Br)c1F. The topological polar surface area (TPSA) is 49.3 Å². The van der Waals surface area contributed by atoms with Gasteiger partial charge in [-0.3, -0.25) is 4.79 Å². The predicted octanol–water partition coefficient (Wildman–Crippen LogP) is 2.48. The van der Waals surface area contributed by atoms with Crippen LogP contribution in [0.25, 0.3) is 0 Å². The third kappa shape index (κ3) is 3.09. The predicted molar refractivity (Wildman–Crippen MR) is 69.8 cm³/mol. The maximum atomic E-state index is 13.7. The Morgan fingerprint density at radius 1 is 1.50 bits per heavy atom. The van der Waals surface area contributed by atoms with Crippen molar-refractivity contribution in [2.24, 2.45) is 5.92 Å². The van der Waals surface area contributed by atoms with Gasteiger partial charge in [0, 0.05) is 6.54 Å². The fourth-order valence-corrected chi connectivity index (χ4v) is 2.61. The van der Waals surface area contributed by atoms with Gasteiger partial charge in [0.25, 0.3) is 5.91 Å². The van der Waals surface area contributed by atoms with E-state index in [-0.39, 0.29) is 16.1 Å². The van der Waals surface area contributed by atoms with Crippen LogP contribution in [-0.4, -0.2) is 23.7 Å². The smallest absolute Gasteiger partial charge is 0.254 e. The van der Waals surface area contributed by atoms with E-state index >= 15 is 0 Å². The number of hydrogen-bond acceptors (Lipinski definition) is 2. The standard InChI is InChI=1S/C13H15BrFNO2/c14-11-3-1-2-10(12(11)15)13(18)16-7-8-4-5-9(17)6-8/h1-3,8-9,17H,4-7H2,(H,16,18). The summed E-state index contributed by atoms with van der Waals surface area (Å²) >= 11 is 3.05. The summed E-state index contributed by atoms with van der Waals surface area (Å²) < 4.78 is 14.0. The lowest BCUT2D eigenvalue weighted by Gasteiger charge is -2.11. The molecule has 98 valence electrons. The van der Waals surface area contributed by atoms with E-state index in [2.05, 4.69) is 21.2 Å². The van der Waals surface area contributed by atoms with Gasteiger partial charge in [0.05, 0.1) is 16.1 Å². The highest BCUT2D eigenvalue weighted by atomic mass is 79.9. The van der Waals surface area contributed by atoms with Gasteiger partial charge in [-0.2, -0.15) is 0 Å². The van der Waals surface area contributed by atoms with E-state index in [9.17, 15) is 14.3 Å². The van der Waals surface area contributed by atoms with Crippen LogP contribution >= 0.6 is 15.9 Å². The molecule has 1 aliphatic carbocycles. The van der Waals surface area contributed by atoms with Crippen molar-refractivity contribution in [2.75, 3.05) is 6.54 Å². The van der Waals surface area contributed by atoms with Crippen LogP contribution in [0.5, 0.6) is 0 Å². The quantitative estimate of drug-likeness (QED) is 0.900. The van der Waals surface area contributed by atoms with Gasteiger partial charge >= 0.3 is 0 Å². The van der Waals surface area contributed by atoms with E-state index in [1.54, 1.807) is 12.1 Å². The first-order valence-electron chi connectivity index (χ1n) is 5.98. The average molecular weight is 316 g/mol. The van der Waals surface area contributed by atoms with E-state index in [4.69, 9.17) is 0 Å². The second-order valence-electron chi connectivity index (χ2n) is 4.64. The second kappa shape index (κ2) is 5.80. The zero-order valence-corrected chi connectivity index (χ0v) is 11.4. The van der Waals surface area contributed by atoms with E-state index in [1.807, 2.05) is 0 Å². The first-order valence-corrected chi connectivity index (χ1v) is 6.77. The fourth-order valence-electron chi connectivity index (χ4n) is 2.25. The minimum atomic E-state index is -0.540. The highest BCUT2D eigenvalue weighted by Gasteiger charge is 2.23. The molecule has 1 amide bonds. The van der Waals surface area contributed by atoms with E-state index < -0.39 is 11.7 Å². The highest BCUT2D eigenvalue weighted by Crippen LogP contribution is 2.25. The summed E-state index contributed by atoms with van der Waals surface area (Å²) in [4.78, 5) is 11.8. The van der Waals surface area contributed by atoms with Gasteiger partial charge < -0.3 is 10.4 Å². The second-order valence-corrected chi connectivity index (χ2v) is 5.50. The number of halogens is 2. The molecule has 0 bridgehead atoms. The lowest BCUT2D eigenvalue weighted by Crippen LogP contribution is -2.29. The van der Waals surface area contributed by atoms with Gasteiger partial charge in [0.2, 0.25) is 0 Å². The number of nitrogens with one attached hydrogen (secondary N) is 1. The summed E-state index contributed by atoms with van der Waals surface area (Å²) in [6.45, 7) is 0.488. The molecule has 0 heterocycles. The van der Waals surface area contributed by atoms with Crippen LogP contribution in [0, 0.1) is 11.7 Å². The molecular formula is C13H15BrFNO2. The molecule has 3 nitrogen and oxygen atoms in total. The maximum Gasteiger partial charge on any atom is 0.254 e. The molecule has 2 unspecified atom stereocenters. The van der Waals surface area contributed by atoms with Crippen molar-refractivity contribution < 1.29 is 14.3 Å². The van der Waals surface area contributed by atoms with Crippen LogP contribution in [0.4, 0.5) is 4.39 Å². The van der Waals surface area contributed by atoms with Gasteiger partial charge in [-0.15, -0.1) is 0 Å². The summed E-state index contributed by atoms with van der Waals surface area (Å²) in [6.07, 6.45) is 2.14. The number of aliphatic hydroxyl groups excluding tert-OH is 1. The monoisotopic (exact) mass is 315 g/mol. The number of hydrogen-bond donors (Lipinski definition) is 2. The molecule has 0 spiro atoms. The van der Waals surface area contributed by atoms with Crippen LogP contribution in [0.3, 0.4) is 0 Å². The molecule has 2 atom stereocenters. The fraction of sp³-hybridized carbons (Fsp3) is 0.462. The third-order valence-corrected chi connectivity index (χ3v) is 3.87. The van der Waals surface area contributed by atoms with Crippen molar-refractivity contribution in [2.45, 2.75) is 25.4 Å². The van der Waals surface area contributed by atoms with Gasteiger partial charge in [0.1, 0.15) is 5.82 Å². The molecule has 1 aliphatic rings. The van der Waals surface area contributed by atoms with E-state index in [0.717, 1.165) is 12.8 Å². The van der Waals surface area contributed by atoms with E-state index in [0.29, 0.717) is 18.9 Å². The van der Waals surface area contributed by atoms with Gasteiger partial charge in [-0.25, -0.2) is 4.39 Å².